The predicted octanol–water partition coefficient (Wildman–Crippen LogP) is 3.93. The lowest BCUT2D eigenvalue weighted by molar-refractivity contribution is 0.192. The topological polar surface area (TPSA) is 3.24 Å². The fraction of sp³-hybridized carbons (Fsp3) is 0.500. The van der Waals surface area contributed by atoms with Crippen LogP contribution in [0.1, 0.15) is 44.2 Å². The van der Waals surface area contributed by atoms with Crippen LogP contribution >= 0.6 is 0 Å². The maximum atomic E-state index is 2.69. The molecule has 90 valence electrons. The summed E-state index contributed by atoms with van der Waals surface area (Å²) in [7, 11) is 0. The van der Waals surface area contributed by atoms with E-state index in [1.807, 2.05) is 0 Å². The van der Waals surface area contributed by atoms with Gasteiger partial charge >= 0.3 is 0 Å². The minimum absolute atomic E-state index is 0.560. The minimum Gasteiger partial charge on any atom is -0.290 e. The van der Waals surface area contributed by atoms with Gasteiger partial charge in [-0.25, -0.2) is 0 Å². The average molecular weight is 227 g/mol. The van der Waals surface area contributed by atoms with Crippen LogP contribution in [0.5, 0.6) is 0 Å². The number of rotatable bonds is 2. The van der Waals surface area contributed by atoms with Crippen LogP contribution in [0.2, 0.25) is 0 Å². The average Bonchev–Trinajstić information content (AvgIpc) is 2.83. The van der Waals surface area contributed by atoms with Gasteiger partial charge in [0, 0.05) is 18.6 Å². The Morgan fingerprint density at radius 2 is 2.06 bits per heavy atom. The third kappa shape index (κ3) is 2.04. The van der Waals surface area contributed by atoms with Gasteiger partial charge in [0.15, 0.2) is 0 Å². The van der Waals surface area contributed by atoms with Crippen molar-refractivity contribution < 1.29 is 0 Å². The van der Waals surface area contributed by atoms with Crippen molar-refractivity contribution in [1.82, 2.24) is 4.90 Å². The van der Waals surface area contributed by atoms with Crippen LogP contribution in [0.4, 0.5) is 0 Å². The summed E-state index contributed by atoms with van der Waals surface area (Å²) in [6.07, 6.45) is 7.82. The van der Waals surface area contributed by atoms with Crippen molar-refractivity contribution in [2.24, 2.45) is 0 Å². The summed E-state index contributed by atoms with van der Waals surface area (Å²) in [5.74, 6) is 0. The molecule has 1 heterocycles. The molecule has 1 aliphatic heterocycles. The molecule has 1 fully saturated rings. The Bertz CT molecular complexity index is 407. The highest BCUT2D eigenvalue weighted by Crippen LogP contribution is 2.37. The maximum Gasteiger partial charge on any atom is 0.0326 e. The monoisotopic (exact) mass is 227 g/mol. The first-order chi connectivity index (χ1) is 8.36. The van der Waals surface area contributed by atoms with Crippen LogP contribution in [0.3, 0.4) is 0 Å². The second-order valence-corrected chi connectivity index (χ2v) is 5.30. The lowest BCUT2D eigenvalue weighted by atomic mass is 9.94. The molecule has 2 aliphatic rings. The third-order valence-corrected chi connectivity index (χ3v) is 4.35. The van der Waals surface area contributed by atoms with Gasteiger partial charge in [0.1, 0.15) is 0 Å². The van der Waals surface area contributed by atoms with Crippen molar-refractivity contribution in [2.45, 2.75) is 44.7 Å². The molecule has 2 atom stereocenters. The van der Waals surface area contributed by atoms with E-state index in [0.29, 0.717) is 6.04 Å². The van der Waals surface area contributed by atoms with E-state index in [4.69, 9.17) is 0 Å². The van der Waals surface area contributed by atoms with Crippen molar-refractivity contribution in [3.63, 3.8) is 0 Å². The van der Waals surface area contributed by atoms with Crippen LogP contribution < -0.4 is 0 Å². The molecule has 1 nitrogen and oxygen atoms in total. The van der Waals surface area contributed by atoms with Crippen molar-refractivity contribution >= 4 is 0 Å². The highest BCUT2D eigenvalue weighted by molar-refractivity contribution is 5.24. The van der Waals surface area contributed by atoms with Gasteiger partial charge in [-0.2, -0.15) is 0 Å². The molecule has 1 aromatic rings. The van der Waals surface area contributed by atoms with Crippen LogP contribution in [0.15, 0.2) is 42.0 Å². The van der Waals surface area contributed by atoms with Gasteiger partial charge in [-0.05, 0) is 38.2 Å². The van der Waals surface area contributed by atoms with E-state index in [1.165, 1.54) is 37.8 Å². The van der Waals surface area contributed by atoms with Crippen molar-refractivity contribution in [3.05, 3.63) is 47.5 Å². The van der Waals surface area contributed by atoms with E-state index < -0.39 is 0 Å². The van der Waals surface area contributed by atoms with Crippen LogP contribution in [-0.4, -0.2) is 17.5 Å². The summed E-state index contributed by atoms with van der Waals surface area (Å²) >= 11 is 0. The molecule has 17 heavy (non-hydrogen) atoms. The number of hydrogen-bond acceptors (Lipinski definition) is 1. The number of benzene rings is 1. The van der Waals surface area contributed by atoms with Gasteiger partial charge in [-0.15, -0.1) is 0 Å². The van der Waals surface area contributed by atoms with Crippen molar-refractivity contribution in [2.75, 3.05) is 6.54 Å². The lowest BCUT2D eigenvalue weighted by Crippen LogP contribution is -2.33. The summed E-state index contributed by atoms with van der Waals surface area (Å²) in [4.78, 5) is 2.69. The van der Waals surface area contributed by atoms with Gasteiger partial charge in [-0.3, -0.25) is 4.90 Å². The highest BCUT2D eigenvalue weighted by atomic mass is 15.2. The molecule has 0 radical (unpaired) electrons. The SMILES string of the molecule is C[C@@H](c1ccccc1)N1CCC2=CCCC[C@H]21. The smallest absolute Gasteiger partial charge is 0.0326 e. The highest BCUT2D eigenvalue weighted by Gasteiger charge is 2.33. The van der Waals surface area contributed by atoms with E-state index in [9.17, 15) is 0 Å². The molecule has 1 aromatic carbocycles. The largest absolute Gasteiger partial charge is 0.290 e. The molecule has 0 N–H and O–H groups in total. The summed E-state index contributed by atoms with van der Waals surface area (Å²) < 4.78 is 0. The Morgan fingerprint density at radius 3 is 2.88 bits per heavy atom. The van der Waals surface area contributed by atoms with Crippen LogP contribution in [0, 0.1) is 0 Å². The first-order valence-corrected chi connectivity index (χ1v) is 6.86. The Balaban J connectivity index is 1.81. The number of allylic oxidation sites excluding steroid dienone is 1. The first-order valence-electron chi connectivity index (χ1n) is 6.86. The number of hydrogen-bond donors (Lipinski definition) is 0. The van der Waals surface area contributed by atoms with E-state index in [-0.39, 0.29) is 0 Å². The summed E-state index contributed by atoms with van der Waals surface area (Å²) in [5.41, 5.74) is 3.17. The fourth-order valence-corrected chi connectivity index (χ4v) is 3.37. The van der Waals surface area contributed by atoms with Crippen LogP contribution in [-0.2, 0) is 0 Å². The van der Waals surface area contributed by atoms with Crippen molar-refractivity contribution in [1.29, 1.82) is 0 Å². The van der Waals surface area contributed by atoms with E-state index in [0.717, 1.165) is 6.04 Å². The van der Waals surface area contributed by atoms with E-state index >= 15 is 0 Å². The zero-order valence-corrected chi connectivity index (χ0v) is 10.6. The second kappa shape index (κ2) is 4.66. The molecule has 0 bridgehead atoms. The molecular weight excluding hydrogens is 206 g/mol. The third-order valence-electron chi connectivity index (χ3n) is 4.35. The van der Waals surface area contributed by atoms with Gasteiger partial charge in [0.2, 0.25) is 0 Å². The Morgan fingerprint density at radius 1 is 1.24 bits per heavy atom. The summed E-state index contributed by atoms with van der Waals surface area (Å²) in [6.45, 7) is 3.60. The molecule has 0 aromatic heterocycles. The first kappa shape index (κ1) is 11.0. The number of likely N-dealkylation sites (tertiary alicyclic amines) is 1. The van der Waals surface area contributed by atoms with E-state index in [1.54, 1.807) is 5.57 Å². The maximum absolute atomic E-state index is 2.69. The molecule has 0 amide bonds. The van der Waals surface area contributed by atoms with Gasteiger partial charge in [0.05, 0.1) is 0 Å². The van der Waals surface area contributed by atoms with Crippen molar-refractivity contribution in [3.8, 4) is 0 Å². The number of nitrogens with zero attached hydrogens (tertiary/aromatic N) is 1. The number of fused-ring (bicyclic) bond motifs is 1. The Labute approximate surface area is 104 Å². The standard InChI is InChI=1S/C16H21N/c1-13(14-7-3-2-4-8-14)17-12-11-15-9-5-6-10-16(15)17/h2-4,7-9,13,16H,5-6,10-12H2,1H3/t13-,16+/m0/s1. The fourth-order valence-electron chi connectivity index (χ4n) is 3.37. The molecule has 1 aliphatic carbocycles. The zero-order chi connectivity index (χ0) is 11.7. The van der Waals surface area contributed by atoms with Gasteiger partial charge in [0.25, 0.3) is 0 Å². The Kier molecular flexibility index (Phi) is 3.02. The summed E-state index contributed by atoms with van der Waals surface area (Å²) in [6, 6.07) is 12.2. The molecule has 1 heteroatoms. The molecule has 3 rings (SSSR count). The Hall–Kier alpha value is -1.08. The normalized spacial score (nSPS) is 26.4. The lowest BCUT2D eigenvalue weighted by Gasteiger charge is -2.32. The predicted molar refractivity (Wildman–Crippen MR) is 71.9 cm³/mol. The molecule has 0 saturated carbocycles. The second-order valence-electron chi connectivity index (χ2n) is 5.30. The van der Waals surface area contributed by atoms with Gasteiger partial charge in [-0.1, -0.05) is 42.0 Å². The molecule has 1 saturated heterocycles. The molecule has 0 unspecified atom stereocenters. The minimum atomic E-state index is 0.560. The molecular formula is C16H21N. The molecule has 0 spiro atoms. The zero-order valence-electron chi connectivity index (χ0n) is 10.6. The quantitative estimate of drug-likeness (QED) is 0.692. The van der Waals surface area contributed by atoms with Gasteiger partial charge < -0.3 is 0 Å². The van der Waals surface area contributed by atoms with Crippen LogP contribution in [0.25, 0.3) is 0 Å². The summed E-state index contributed by atoms with van der Waals surface area (Å²) in [5, 5.41) is 0. The van der Waals surface area contributed by atoms with E-state index in [2.05, 4.69) is 48.2 Å².